The highest BCUT2D eigenvalue weighted by atomic mass is 35.5. The second-order valence-electron chi connectivity index (χ2n) is 6.37. The number of nitrogens with zero attached hydrogens (tertiary/aromatic N) is 1. The first-order chi connectivity index (χ1) is 11.1. The highest BCUT2D eigenvalue weighted by Crippen LogP contribution is 2.29. The quantitative estimate of drug-likeness (QED) is 0.849. The van der Waals surface area contributed by atoms with E-state index < -0.39 is 0 Å². The summed E-state index contributed by atoms with van der Waals surface area (Å²) in [5.41, 5.74) is 0. The fourth-order valence-corrected chi connectivity index (χ4v) is 3.14. The van der Waals surface area contributed by atoms with Gasteiger partial charge in [-0.25, -0.2) is 0 Å². The van der Waals surface area contributed by atoms with Gasteiger partial charge in [-0.3, -0.25) is 4.79 Å². The van der Waals surface area contributed by atoms with Crippen LogP contribution in [0.1, 0.15) is 25.7 Å². The molecule has 23 heavy (non-hydrogen) atoms. The molecule has 0 radical (unpaired) electrons. The molecule has 0 spiro atoms. The predicted molar refractivity (Wildman–Crippen MR) is 92.3 cm³/mol. The summed E-state index contributed by atoms with van der Waals surface area (Å²) in [5, 5.41) is 4.62. The van der Waals surface area contributed by atoms with Crippen molar-refractivity contribution in [2.45, 2.75) is 31.7 Å². The smallest absolute Gasteiger partial charge is 0.260 e. The first kappa shape index (κ1) is 16.9. The Morgan fingerprint density at radius 3 is 2.65 bits per heavy atom. The van der Waals surface area contributed by atoms with Gasteiger partial charge in [0.15, 0.2) is 6.61 Å². The van der Waals surface area contributed by atoms with E-state index >= 15 is 0 Å². The summed E-state index contributed by atoms with van der Waals surface area (Å²) in [6.07, 6.45) is 4.76. The summed E-state index contributed by atoms with van der Waals surface area (Å²) in [6.45, 7) is 2.71. The Balaban J connectivity index is 1.41. The van der Waals surface area contributed by atoms with E-state index in [4.69, 9.17) is 27.9 Å². The number of carbonyl (C=O) groups is 1. The van der Waals surface area contributed by atoms with Crippen LogP contribution in [0.15, 0.2) is 18.2 Å². The van der Waals surface area contributed by atoms with Gasteiger partial charge in [-0.1, -0.05) is 23.2 Å². The average molecular weight is 357 g/mol. The van der Waals surface area contributed by atoms with Crippen LogP contribution in [-0.4, -0.2) is 43.1 Å². The molecule has 0 bridgehead atoms. The Morgan fingerprint density at radius 1 is 1.22 bits per heavy atom. The van der Waals surface area contributed by atoms with Crippen molar-refractivity contribution in [3.63, 3.8) is 0 Å². The van der Waals surface area contributed by atoms with Crippen LogP contribution in [0.3, 0.4) is 0 Å². The van der Waals surface area contributed by atoms with Crippen LogP contribution in [0, 0.1) is 5.92 Å². The SMILES string of the molecule is O=C(COc1cc(Cl)ccc1Cl)N1CCC(NCC2CC2)CC1. The summed E-state index contributed by atoms with van der Waals surface area (Å²) >= 11 is 11.9. The van der Waals surface area contributed by atoms with Gasteiger partial charge in [0, 0.05) is 30.2 Å². The van der Waals surface area contributed by atoms with Crippen molar-refractivity contribution < 1.29 is 9.53 Å². The Labute approximate surface area is 147 Å². The molecule has 1 heterocycles. The van der Waals surface area contributed by atoms with Crippen molar-refractivity contribution in [1.82, 2.24) is 10.2 Å². The van der Waals surface area contributed by atoms with Crippen LogP contribution in [0.5, 0.6) is 5.75 Å². The lowest BCUT2D eigenvalue weighted by atomic mass is 10.0. The van der Waals surface area contributed by atoms with Gasteiger partial charge in [-0.15, -0.1) is 0 Å². The number of rotatable bonds is 6. The van der Waals surface area contributed by atoms with Gasteiger partial charge >= 0.3 is 0 Å². The Hall–Kier alpha value is -0.970. The van der Waals surface area contributed by atoms with E-state index in [2.05, 4.69) is 5.32 Å². The summed E-state index contributed by atoms with van der Waals surface area (Å²) in [7, 11) is 0. The number of piperidine rings is 1. The summed E-state index contributed by atoms with van der Waals surface area (Å²) in [5.74, 6) is 1.35. The third kappa shape index (κ3) is 5.00. The number of nitrogens with one attached hydrogen (secondary N) is 1. The van der Waals surface area contributed by atoms with Crippen LogP contribution < -0.4 is 10.1 Å². The Morgan fingerprint density at radius 2 is 1.96 bits per heavy atom. The van der Waals surface area contributed by atoms with E-state index in [1.165, 1.54) is 12.8 Å². The van der Waals surface area contributed by atoms with E-state index in [0.717, 1.165) is 38.4 Å². The molecule has 1 aliphatic carbocycles. The van der Waals surface area contributed by atoms with Crippen molar-refractivity contribution in [3.8, 4) is 5.75 Å². The maximum Gasteiger partial charge on any atom is 0.260 e. The highest BCUT2D eigenvalue weighted by molar-refractivity contribution is 6.34. The normalized spacial score (nSPS) is 19.0. The number of likely N-dealkylation sites (tertiary alicyclic amines) is 1. The first-order valence-corrected chi connectivity index (χ1v) is 8.96. The second kappa shape index (κ2) is 7.73. The van der Waals surface area contributed by atoms with E-state index in [1.54, 1.807) is 18.2 Å². The maximum absolute atomic E-state index is 12.3. The van der Waals surface area contributed by atoms with Crippen LogP contribution >= 0.6 is 23.2 Å². The lowest BCUT2D eigenvalue weighted by Crippen LogP contribution is -2.46. The van der Waals surface area contributed by atoms with Crippen LogP contribution in [0.4, 0.5) is 0 Å². The number of ether oxygens (including phenoxy) is 1. The fraction of sp³-hybridized carbons (Fsp3) is 0.588. The van der Waals surface area contributed by atoms with Crippen molar-refractivity contribution in [2.75, 3.05) is 26.2 Å². The van der Waals surface area contributed by atoms with Gasteiger partial charge in [-0.2, -0.15) is 0 Å². The van der Waals surface area contributed by atoms with E-state index in [-0.39, 0.29) is 12.5 Å². The van der Waals surface area contributed by atoms with Crippen molar-refractivity contribution >= 4 is 29.1 Å². The Kier molecular flexibility index (Phi) is 5.67. The molecule has 1 saturated carbocycles. The van der Waals surface area contributed by atoms with Crippen LogP contribution in [-0.2, 0) is 4.79 Å². The molecule has 1 aliphatic heterocycles. The van der Waals surface area contributed by atoms with Crippen molar-refractivity contribution in [3.05, 3.63) is 28.2 Å². The minimum atomic E-state index is 0.000230. The molecule has 6 heteroatoms. The molecule has 4 nitrogen and oxygen atoms in total. The number of hydrogen-bond acceptors (Lipinski definition) is 3. The van der Waals surface area contributed by atoms with Crippen molar-refractivity contribution in [1.29, 1.82) is 0 Å². The summed E-state index contributed by atoms with van der Waals surface area (Å²) in [4.78, 5) is 14.1. The van der Waals surface area contributed by atoms with E-state index in [9.17, 15) is 4.79 Å². The average Bonchev–Trinajstić information content (AvgIpc) is 3.38. The molecule has 0 aromatic heterocycles. The molecule has 3 rings (SSSR count). The molecule has 2 aliphatic rings. The number of amides is 1. The molecule has 1 amide bonds. The number of hydrogen-bond donors (Lipinski definition) is 1. The zero-order chi connectivity index (χ0) is 16.2. The second-order valence-corrected chi connectivity index (χ2v) is 7.21. The van der Waals surface area contributed by atoms with Gasteiger partial charge in [0.1, 0.15) is 5.75 Å². The largest absolute Gasteiger partial charge is 0.482 e. The highest BCUT2D eigenvalue weighted by Gasteiger charge is 2.26. The van der Waals surface area contributed by atoms with E-state index in [1.807, 2.05) is 4.90 Å². The number of carbonyl (C=O) groups excluding carboxylic acids is 1. The van der Waals surface area contributed by atoms with Crippen molar-refractivity contribution in [2.24, 2.45) is 5.92 Å². The fourth-order valence-electron chi connectivity index (χ4n) is 2.81. The summed E-state index contributed by atoms with van der Waals surface area (Å²) in [6, 6.07) is 5.53. The molecule has 1 N–H and O–H groups in total. The molecule has 2 fully saturated rings. The predicted octanol–water partition coefficient (Wildman–Crippen LogP) is 3.36. The number of halogens is 2. The van der Waals surface area contributed by atoms with Crippen LogP contribution in [0.25, 0.3) is 0 Å². The maximum atomic E-state index is 12.3. The van der Waals surface area contributed by atoms with Crippen LogP contribution in [0.2, 0.25) is 10.0 Å². The molecular formula is C17H22Cl2N2O2. The van der Waals surface area contributed by atoms with E-state index in [0.29, 0.717) is 21.8 Å². The lowest BCUT2D eigenvalue weighted by Gasteiger charge is -2.32. The Bertz CT molecular complexity index is 556. The lowest BCUT2D eigenvalue weighted by molar-refractivity contribution is -0.134. The standard InChI is InChI=1S/C17H22Cl2N2O2/c18-13-3-4-15(19)16(9-13)23-11-17(22)21-7-5-14(6-8-21)20-10-12-1-2-12/h3-4,9,12,14,20H,1-2,5-8,10-11H2. The molecular weight excluding hydrogens is 335 g/mol. The van der Waals surface area contributed by atoms with Gasteiger partial charge in [0.05, 0.1) is 5.02 Å². The number of benzene rings is 1. The zero-order valence-electron chi connectivity index (χ0n) is 13.1. The van der Waals surface area contributed by atoms with Gasteiger partial charge in [0.25, 0.3) is 5.91 Å². The van der Waals surface area contributed by atoms with Gasteiger partial charge in [-0.05, 0) is 50.3 Å². The molecule has 1 saturated heterocycles. The van der Waals surface area contributed by atoms with Gasteiger partial charge in [0.2, 0.25) is 0 Å². The summed E-state index contributed by atoms with van der Waals surface area (Å²) < 4.78 is 5.52. The third-order valence-corrected chi connectivity index (χ3v) is 5.03. The molecule has 1 aromatic carbocycles. The first-order valence-electron chi connectivity index (χ1n) is 8.21. The van der Waals surface area contributed by atoms with Gasteiger partial charge < -0.3 is 15.0 Å². The minimum Gasteiger partial charge on any atom is -0.482 e. The molecule has 0 atom stereocenters. The molecule has 1 aromatic rings. The monoisotopic (exact) mass is 356 g/mol. The zero-order valence-corrected chi connectivity index (χ0v) is 14.6. The topological polar surface area (TPSA) is 41.6 Å². The molecule has 0 unspecified atom stereocenters. The minimum absolute atomic E-state index is 0.000230. The molecule has 126 valence electrons. The third-order valence-electron chi connectivity index (χ3n) is 4.48.